The predicted octanol–water partition coefficient (Wildman–Crippen LogP) is 2.08. The first-order valence-electron chi connectivity index (χ1n) is 6.61. The maximum Gasteiger partial charge on any atom is 0.151 e. The molecule has 2 aromatic heterocycles. The number of rotatable bonds is 4. The smallest absolute Gasteiger partial charge is 0.151 e. The van der Waals surface area contributed by atoms with E-state index in [4.69, 9.17) is 0 Å². The Morgan fingerprint density at radius 1 is 1.16 bits per heavy atom. The zero-order valence-corrected chi connectivity index (χ0v) is 10.8. The van der Waals surface area contributed by atoms with Crippen molar-refractivity contribution in [3.8, 4) is 0 Å². The monoisotopic (exact) mass is 255 g/mol. The van der Waals surface area contributed by atoms with Gasteiger partial charge in [-0.2, -0.15) is 0 Å². The summed E-state index contributed by atoms with van der Waals surface area (Å²) in [5.74, 6) is 1.05. The molecule has 5 nitrogen and oxygen atoms in total. The first-order chi connectivity index (χ1) is 9.43. The number of hydrogen-bond acceptors (Lipinski definition) is 5. The molecular weight excluding hydrogens is 238 g/mol. The normalized spacial score (nSPS) is 14.6. The van der Waals surface area contributed by atoms with Crippen LogP contribution in [-0.4, -0.2) is 28.0 Å². The van der Waals surface area contributed by atoms with E-state index in [9.17, 15) is 0 Å². The Hall–Kier alpha value is -2.17. The lowest BCUT2D eigenvalue weighted by Gasteiger charge is -2.20. The molecule has 0 aromatic carbocycles. The summed E-state index contributed by atoms with van der Waals surface area (Å²) in [6.07, 6.45) is 9.55. The van der Waals surface area contributed by atoms with Gasteiger partial charge in [0.15, 0.2) is 5.82 Å². The lowest BCUT2D eigenvalue weighted by Crippen LogP contribution is -2.20. The van der Waals surface area contributed by atoms with E-state index in [0.717, 1.165) is 30.2 Å². The highest BCUT2D eigenvalue weighted by Crippen LogP contribution is 2.26. The third-order valence-corrected chi connectivity index (χ3v) is 3.29. The highest BCUT2D eigenvalue weighted by atomic mass is 15.2. The van der Waals surface area contributed by atoms with Gasteiger partial charge in [0.05, 0.1) is 5.69 Å². The van der Waals surface area contributed by atoms with Gasteiger partial charge in [0, 0.05) is 43.8 Å². The predicted molar refractivity (Wildman–Crippen MR) is 75.0 cm³/mol. The fourth-order valence-corrected chi connectivity index (χ4v) is 2.33. The Bertz CT molecular complexity index is 522. The van der Waals surface area contributed by atoms with Crippen molar-refractivity contribution in [3.05, 3.63) is 42.6 Å². The summed E-state index contributed by atoms with van der Waals surface area (Å²) in [5, 5.41) is 3.42. The lowest BCUT2D eigenvalue weighted by molar-refractivity contribution is 0.933. The molecule has 1 saturated heterocycles. The molecule has 0 saturated carbocycles. The molecule has 0 amide bonds. The fraction of sp³-hybridized carbons (Fsp3) is 0.357. The van der Waals surface area contributed by atoms with E-state index in [-0.39, 0.29) is 0 Å². The first-order valence-corrected chi connectivity index (χ1v) is 6.61. The topological polar surface area (TPSA) is 53.9 Å². The average Bonchev–Trinajstić information content (AvgIpc) is 3.01. The van der Waals surface area contributed by atoms with Gasteiger partial charge in [0.25, 0.3) is 0 Å². The van der Waals surface area contributed by atoms with Crippen LogP contribution in [0.25, 0.3) is 0 Å². The number of aromatic nitrogens is 3. The lowest BCUT2D eigenvalue weighted by atomic mass is 10.3. The molecule has 5 heteroatoms. The van der Waals surface area contributed by atoms with Crippen LogP contribution in [0.5, 0.6) is 0 Å². The second-order valence-electron chi connectivity index (χ2n) is 4.67. The van der Waals surface area contributed by atoms with Crippen molar-refractivity contribution < 1.29 is 0 Å². The Morgan fingerprint density at radius 2 is 1.95 bits per heavy atom. The Kier molecular flexibility index (Phi) is 3.54. The summed E-state index contributed by atoms with van der Waals surface area (Å²) in [7, 11) is 0. The molecule has 0 aliphatic carbocycles. The van der Waals surface area contributed by atoms with Crippen molar-refractivity contribution in [1.82, 2.24) is 15.0 Å². The summed E-state index contributed by atoms with van der Waals surface area (Å²) in [4.78, 5) is 14.9. The molecule has 0 radical (unpaired) electrons. The molecule has 2 aromatic rings. The molecule has 0 atom stereocenters. The van der Waals surface area contributed by atoms with Crippen LogP contribution < -0.4 is 10.2 Å². The number of hydrogen-bond donors (Lipinski definition) is 1. The third-order valence-electron chi connectivity index (χ3n) is 3.29. The van der Waals surface area contributed by atoms with Gasteiger partial charge < -0.3 is 10.2 Å². The molecule has 1 aliphatic rings. The van der Waals surface area contributed by atoms with E-state index in [1.165, 1.54) is 12.8 Å². The van der Waals surface area contributed by atoms with Crippen molar-refractivity contribution in [2.45, 2.75) is 19.4 Å². The van der Waals surface area contributed by atoms with Crippen LogP contribution in [0.4, 0.5) is 11.5 Å². The van der Waals surface area contributed by atoms with Crippen molar-refractivity contribution in [2.24, 2.45) is 0 Å². The summed E-state index contributed by atoms with van der Waals surface area (Å²) in [5.41, 5.74) is 2.15. The van der Waals surface area contributed by atoms with E-state index in [2.05, 4.69) is 31.2 Å². The van der Waals surface area contributed by atoms with Crippen LogP contribution in [0.1, 0.15) is 18.4 Å². The van der Waals surface area contributed by atoms with Crippen LogP contribution in [0, 0.1) is 0 Å². The van der Waals surface area contributed by atoms with Gasteiger partial charge in [-0.1, -0.05) is 0 Å². The molecule has 1 fully saturated rings. The van der Waals surface area contributed by atoms with Gasteiger partial charge in [-0.25, -0.2) is 15.0 Å². The SMILES string of the molecule is c1cnc(N2CCCC2)c(NCc2cncnc2)c1. The van der Waals surface area contributed by atoms with Gasteiger partial charge in [0.1, 0.15) is 6.33 Å². The number of anilines is 2. The zero-order valence-electron chi connectivity index (χ0n) is 10.8. The highest BCUT2D eigenvalue weighted by Gasteiger charge is 2.16. The molecule has 98 valence electrons. The Labute approximate surface area is 112 Å². The van der Waals surface area contributed by atoms with Crippen LogP contribution >= 0.6 is 0 Å². The molecule has 1 N–H and O–H groups in total. The van der Waals surface area contributed by atoms with Crippen LogP contribution in [0.2, 0.25) is 0 Å². The maximum atomic E-state index is 4.51. The molecule has 3 rings (SSSR count). The number of pyridine rings is 1. The standard InChI is InChI=1S/C14H17N5/c1-2-7-19(6-1)14-13(4-3-5-17-14)18-10-12-8-15-11-16-9-12/h3-5,8-9,11,18H,1-2,6-7,10H2. The van der Waals surface area contributed by atoms with Crippen molar-refractivity contribution in [1.29, 1.82) is 0 Å². The van der Waals surface area contributed by atoms with Crippen LogP contribution in [0.3, 0.4) is 0 Å². The van der Waals surface area contributed by atoms with Crippen LogP contribution in [-0.2, 0) is 6.54 Å². The molecule has 0 unspecified atom stereocenters. The van der Waals surface area contributed by atoms with Gasteiger partial charge in [0.2, 0.25) is 0 Å². The van der Waals surface area contributed by atoms with Gasteiger partial charge in [-0.3, -0.25) is 0 Å². The summed E-state index contributed by atoms with van der Waals surface area (Å²) < 4.78 is 0. The fourth-order valence-electron chi connectivity index (χ4n) is 2.33. The van der Waals surface area contributed by atoms with Gasteiger partial charge in [-0.15, -0.1) is 0 Å². The van der Waals surface area contributed by atoms with E-state index < -0.39 is 0 Å². The van der Waals surface area contributed by atoms with Gasteiger partial charge >= 0.3 is 0 Å². The second-order valence-corrected chi connectivity index (χ2v) is 4.67. The van der Waals surface area contributed by atoms with Crippen LogP contribution in [0.15, 0.2) is 37.1 Å². The summed E-state index contributed by atoms with van der Waals surface area (Å²) in [6, 6.07) is 4.04. The quantitative estimate of drug-likeness (QED) is 0.906. The largest absolute Gasteiger partial charge is 0.378 e. The van der Waals surface area contributed by atoms with E-state index in [1.54, 1.807) is 6.33 Å². The highest BCUT2D eigenvalue weighted by molar-refractivity contribution is 5.65. The minimum atomic E-state index is 0.716. The van der Waals surface area contributed by atoms with E-state index in [1.807, 2.05) is 24.7 Å². The molecule has 1 aliphatic heterocycles. The molecule has 0 bridgehead atoms. The van der Waals surface area contributed by atoms with Crippen molar-refractivity contribution in [2.75, 3.05) is 23.3 Å². The van der Waals surface area contributed by atoms with Crippen molar-refractivity contribution in [3.63, 3.8) is 0 Å². The second kappa shape index (κ2) is 5.65. The minimum Gasteiger partial charge on any atom is -0.378 e. The first kappa shape index (κ1) is 11.9. The summed E-state index contributed by atoms with van der Waals surface area (Å²) in [6.45, 7) is 2.91. The Balaban J connectivity index is 1.73. The minimum absolute atomic E-state index is 0.716. The van der Waals surface area contributed by atoms with E-state index >= 15 is 0 Å². The zero-order chi connectivity index (χ0) is 12.9. The Morgan fingerprint density at radius 3 is 2.74 bits per heavy atom. The average molecular weight is 255 g/mol. The van der Waals surface area contributed by atoms with Gasteiger partial charge in [-0.05, 0) is 25.0 Å². The molecule has 3 heterocycles. The van der Waals surface area contributed by atoms with Crippen molar-refractivity contribution >= 4 is 11.5 Å². The molecule has 0 spiro atoms. The molecule has 19 heavy (non-hydrogen) atoms. The summed E-state index contributed by atoms with van der Waals surface area (Å²) >= 11 is 0. The molecular formula is C14H17N5. The number of nitrogens with one attached hydrogen (secondary N) is 1. The maximum absolute atomic E-state index is 4.51. The van der Waals surface area contributed by atoms with E-state index in [0.29, 0.717) is 6.54 Å². The third kappa shape index (κ3) is 2.81. The number of nitrogens with zero attached hydrogens (tertiary/aromatic N) is 4.